The molecule has 1 unspecified atom stereocenters. The highest BCUT2D eigenvalue weighted by atomic mass is 16.1. The molecule has 0 radical (unpaired) electrons. The van der Waals surface area contributed by atoms with Gasteiger partial charge in [0.15, 0.2) is 0 Å². The van der Waals surface area contributed by atoms with Gasteiger partial charge < -0.3 is 5.32 Å². The average molecular weight is 341 g/mol. The first-order valence-electron chi connectivity index (χ1n) is 9.09. The number of carbonyl (C=O) groups excluding carboxylic acids is 1. The van der Waals surface area contributed by atoms with Crippen molar-refractivity contribution in [1.29, 1.82) is 0 Å². The van der Waals surface area contributed by atoms with Gasteiger partial charge in [0.1, 0.15) is 0 Å². The second kappa shape index (κ2) is 7.85. The summed E-state index contributed by atoms with van der Waals surface area (Å²) in [7, 11) is 0. The highest BCUT2D eigenvalue weighted by Gasteiger charge is 2.39. The Labute approximate surface area is 151 Å². The van der Waals surface area contributed by atoms with Gasteiger partial charge in [-0.3, -0.25) is 4.79 Å². The molecule has 4 nitrogen and oxygen atoms in total. The molecule has 1 aliphatic carbocycles. The molecule has 4 heteroatoms. The summed E-state index contributed by atoms with van der Waals surface area (Å²) in [5.74, 6) is 0.615. The molecule has 1 saturated carbocycles. The third-order valence-corrected chi connectivity index (χ3v) is 5.16. The molecule has 136 valence electrons. The molecule has 2 atom stereocenters. The Kier molecular flexibility index (Phi) is 6.04. The number of rotatable bonds is 7. The van der Waals surface area contributed by atoms with Crippen LogP contribution >= 0.6 is 0 Å². The summed E-state index contributed by atoms with van der Waals surface area (Å²) in [5.41, 5.74) is 3.99. The molecule has 1 heterocycles. The van der Waals surface area contributed by atoms with Gasteiger partial charge in [-0.05, 0) is 64.0 Å². The molecule has 2 rings (SSSR count). The number of aromatic nitrogens is 1. The summed E-state index contributed by atoms with van der Waals surface area (Å²) in [6, 6.07) is 4.14. The average Bonchev–Trinajstić information content (AvgIpc) is 3.10. The van der Waals surface area contributed by atoms with Crippen LogP contribution in [0.15, 0.2) is 36.0 Å². The third-order valence-electron chi connectivity index (χ3n) is 5.16. The Hall–Kier alpha value is -2.10. The van der Waals surface area contributed by atoms with Crippen molar-refractivity contribution in [3.63, 3.8) is 0 Å². The van der Waals surface area contributed by atoms with Crippen molar-refractivity contribution in [1.82, 2.24) is 9.99 Å². The van der Waals surface area contributed by atoms with Crippen LogP contribution in [0.1, 0.15) is 71.2 Å². The molecule has 0 aromatic carbocycles. The lowest BCUT2D eigenvalue weighted by atomic mass is 9.83. The van der Waals surface area contributed by atoms with Crippen molar-refractivity contribution in [2.45, 2.75) is 65.2 Å². The molecule has 1 N–H and O–H groups in total. The van der Waals surface area contributed by atoms with Crippen LogP contribution in [0.3, 0.4) is 0 Å². The zero-order valence-electron chi connectivity index (χ0n) is 16.1. The van der Waals surface area contributed by atoms with Gasteiger partial charge in [0, 0.05) is 24.2 Å². The zero-order valence-corrected chi connectivity index (χ0v) is 16.1. The SMILES string of the molecule is C=C(C)CCC1CC[C@](C)(c2ccc(C(=C)NC(C)=O)n2/N=C\C)C1. The van der Waals surface area contributed by atoms with Crippen molar-refractivity contribution in [2.75, 3.05) is 0 Å². The number of allylic oxidation sites excluding steroid dienone is 1. The van der Waals surface area contributed by atoms with Crippen LogP contribution in [-0.4, -0.2) is 16.8 Å². The summed E-state index contributed by atoms with van der Waals surface area (Å²) < 4.78 is 1.94. The first-order valence-corrected chi connectivity index (χ1v) is 9.09. The van der Waals surface area contributed by atoms with Gasteiger partial charge in [-0.1, -0.05) is 19.1 Å². The van der Waals surface area contributed by atoms with Crippen LogP contribution in [0.5, 0.6) is 0 Å². The van der Waals surface area contributed by atoms with Crippen LogP contribution < -0.4 is 5.32 Å². The van der Waals surface area contributed by atoms with Crippen molar-refractivity contribution in [3.05, 3.63) is 42.3 Å². The molecule has 1 fully saturated rings. The van der Waals surface area contributed by atoms with Crippen LogP contribution in [0.2, 0.25) is 0 Å². The predicted molar refractivity (Wildman–Crippen MR) is 106 cm³/mol. The summed E-state index contributed by atoms with van der Waals surface area (Å²) in [4.78, 5) is 11.4. The summed E-state index contributed by atoms with van der Waals surface area (Å²) in [5, 5.41) is 7.33. The third kappa shape index (κ3) is 4.50. The molecular weight excluding hydrogens is 310 g/mol. The Morgan fingerprint density at radius 1 is 1.44 bits per heavy atom. The Bertz CT molecular complexity index is 698. The van der Waals surface area contributed by atoms with Crippen molar-refractivity contribution in [3.8, 4) is 0 Å². The smallest absolute Gasteiger partial charge is 0.221 e. The quantitative estimate of drug-likeness (QED) is 0.558. The van der Waals surface area contributed by atoms with E-state index >= 15 is 0 Å². The summed E-state index contributed by atoms with van der Waals surface area (Å²) >= 11 is 0. The van der Waals surface area contributed by atoms with Crippen molar-refractivity contribution >= 4 is 17.8 Å². The monoisotopic (exact) mass is 341 g/mol. The van der Waals surface area contributed by atoms with Gasteiger partial charge >= 0.3 is 0 Å². The van der Waals surface area contributed by atoms with E-state index in [2.05, 4.69) is 43.5 Å². The Morgan fingerprint density at radius 2 is 2.16 bits per heavy atom. The van der Waals surface area contributed by atoms with Gasteiger partial charge in [-0.2, -0.15) is 5.10 Å². The fraction of sp³-hybridized carbons (Fsp3) is 0.524. The van der Waals surface area contributed by atoms with Gasteiger partial charge in [-0.15, -0.1) is 6.58 Å². The maximum absolute atomic E-state index is 11.4. The van der Waals surface area contributed by atoms with Gasteiger partial charge in [0.05, 0.1) is 11.4 Å². The highest BCUT2D eigenvalue weighted by Crippen LogP contribution is 2.46. The Balaban J connectivity index is 2.26. The minimum Gasteiger partial charge on any atom is -0.325 e. The normalized spacial score (nSPS) is 23.1. The largest absolute Gasteiger partial charge is 0.325 e. The number of nitrogens with one attached hydrogen (secondary N) is 1. The van der Waals surface area contributed by atoms with Gasteiger partial charge in [-0.25, -0.2) is 4.68 Å². The highest BCUT2D eigenvalue weighted by molar-refractivity contribution is 5.83. The molecular formula is C21H31N3O. The fourth-order valence-corrected chi connectivity index (χ4v) is 3.92. The van der Waals surface area contributed by atoms with E-state index in [-0.39, 0.29) is 11.3 Å². The minimum atomic E-state index is -0.119. The van der Waals surface area contributed by atoms with Crippen LogP contribution in [0, 0.1) is 5.92 Å². The molecule has 0 aliphatic heterocycles. The lowest BCUT2D eigenvalue weighted by Gasteiger charge is -2.26. The number of carbonyl (C=O) groups is 1. The van der Waals surface area contributed by atoms with E-state index in [0.717, 1.165) is 30.9 Å². The first kappa shape index (κ1) is 19.2. The zero-order chi connectivity index (χ0) is 18.6. The standard InChI is InChI=1S/C21H31N3O/c1-7-22-24-19(16(4)23-17(5)25)10-11-20(24)21(6)13-12-18(14-21)9-8-15(2)3/h7,10-11,18H,2,4,8-9,12-14H2,1,3,5-6H3,(H,23,25)/b22-7-/t18?,21-/m0/s1. The lowest BCUT2D eigenvalue weighted by Crippen LogP contribution is -2.23. The molecule has 0 bridgehead atoms. The second-order valence-corrected chi connectivity index (χ2v) is 7.61. The fourth-order valence-electron chi connectivity index (χ4n) is 3.92. The molecule has 1 aromatic heterocycles. The molecule has 1 aromatic rings. The summed E-state index contributed by atoms with van der Waals surface area (Å²) in [6.07, 6.45) is 7.67. The molecule has 0 spiro atoms. The topological polar surface area (TPSA) is 46.4 Å². The number of hydrogen-bond acceptors (Lipinski definition) is 2. The molecule has 1 amide bonds. The molecule has 1 aliphatic rings. The minimum absolute atomic E-state index is 0.0982. The van der Waals surface area contributed by atoms with Crippen molar-refractivity contribution in [2.24, 2.45) is 11.0 Å². The number of hydrogen-bond donors (Lipinski definition) is 1. The van der Waals surface area contributed by atoms with E-state index in [1.54, 1.807) is 6.21 Å². The van der Waals surface area contributed by atoms with Crippen molar-refractivity contribution < 1.29 is 4.79 Å². The van der Waals surface area contributed by atoms with Crippen LogP contribution in [0.4, 0.5) is 0 Å². The van der Waals surface area contributed by atoms with E-state index in [1.165, 1.54) is 31.0 Å². The maximum atomic E-state index is 11.4. The summed E-state index contributed by atoms with van der Waals surface area (Å²) in [6.45, 7) is 15.9. The molecule has 0 saturated heterocycles. The van der Waals surface area contributed by atoms with E-state index in [9.17, 15) is 4.79 Å². The van der Waals surface area contributed by atoms with Crippen LogP contribution in [-0.2, 0) is 10.2 Å². The lowest BCUT2D eigenvalue weighted by molar-refractivity contribution is -0.117. The number of nitrogens with zero attached hydrogens (tertiary/aromatic N) is 2. The van der Waals surface area contributed by atoms with E-state index in [0.29, 0.717) is 5.70 Å². The maximum Gasteiger partial charge on any atom is 0.221 e. The van der Waals surface area contributed by atoms with Crippen LogP contribution in [0.25, 0.3) is 5.70 Å². The Morgan fingerprint density at radius 3 is 2.76 bits per heavy atom. The number of amides is 1. The van der Waals surface area contributed by atoms with E-state index in [4.69, 9.17) is 0 Å². The van der Waals surface area contributed by atoms with Gasteiger partial charge in [0.25, 0.3) is 0 Å². The van der Waals surface area contributed by atoms with Gasteiger partial charge in [0.2, 0.25) is 5.91 Å². The van der Waals surface area contributed by atoms with E-state index in [1.807, 2.05) is 17.7 Å². The predicted octanol–water partition coefficient (Wildman–Crippen LogP) is 4.86. The molecule has 25 heavy (non-hydrogen) atoms. The second-order valence-electron chi connectivity index (χ2n) is 7.61. The first-order chi connectivity index (χ1) is 11.8. The van der Waals surface area contributed by atoms with E-state index < -0.39 is 0 Å².